The lowest BCUT2D eigenvalue weighted by Gasteiger charge is -2.17. The second-order valence-corrected chi connectivity index (χ2v) is 9.47. The predicted octanol–water partition coefficient (Wildman–Crippen LogP) is 11.1. The van der Waals surface area contributed by atoms with E-state index in [0.717, 1.165) is 16.2 Å². The van der Waals surface area contributed by atoms with Crippen molar-refractivity contribution in [2.75, 3.05) is 0 Å². The lowest BCUT2D eigenvalue weighted by Crippen LogP contribution is -1.90. The van der Waals surface area contributed by atoms with Crippen LogP contribution < -0.4 is 0 Å². The molecule has 0 N–H and O–H groups in total. The van der Waals surface area contributed by atoms with Gasteiger partial charge in [0, 0.05) is 21.5 Å². The van der Waals surface area contributed by atoms with E-state index in [2.05, 4.69) is 0 Å². The fourth-order valence-corrected chi connectivity index (χ4v) is 5.78. The Kier molecular flexibility index (Phi) is 2.56. The highest BCUT2D eigenvalue weighted by molar-refractivity contribution is 6.26. The molecule has 2 nitrogen and oxygen atoms in total. The van der Waals surface area contributed by atoms with Gasteiger partial charge in [-0.25, -0.2) is 0 Å². The van der Waals surface area contributed by atoms with Crippen LogP contribution in [-0.2, 0) is 0 Å². The van der Waals surface area contributed by atoms with Gasteiger partial charge in [-0.1, -0.05) is 103 Å². The first kappa shape index (κ1) is 12.7. The zero-order valence-corrected chi connectivity index (χ0v) is 20.5. The van der Waals surface area contributed by atoms with Crippen LogP contribution in [0, 0.1) is 0 Å². The van der Waals surface area contributed by atoms with Crippen LogP contribution in [0.25, 0.3) is 87.7 Å². The van der Waals surface area contributed by atoms with Crippen molar-refractivity contribution in [1.82, 2.24) is 0 Å². The van der Waals surface area contributed by atoms with Crippen LogP contribution in [0.5, 0.6) is 0 Å². The predicted molar refractivity (Wildman–Crippen MR) is 167 cm³/mol. The first-order valence-electron chi connectivity index (χ1n) is 19.0. The molecular formula is C38H22O2. The fourth-order valence-electron chi connectivity index (χ4n) is 5.78. The minimum absolute atomic E-state index is 0.0337. The number of hydrogen-bond donors (Lipinski definition) is 0. The van der Waals surface area contributed by atoms with Crippen molar-refractivity contribution in [3.05, 3.63) is 133 Å². The van der Waals surface area contributed by atoms with E-state index in [-0.39, 0.29) is 32.7 Å². The average Bonchev–Trinajstić information content (AvgIpc) is 3.73. The van der Waals surface area contributed by atoms with E-state index in [1.165, 1.54) is 0 Å². The first-order chi connectivity index (χ1) is 25.2. The molecular weight excluding hydrogens is 488 g/mol. The molecule has 0 bridgehead atoms. The number of fused-ring (bicyclic) bond motifs is 9. The standard InChI is InChI=1S/C38H22O2/c1-2-10-23(11-3-1)35-25-12-4-6-14-27(25)36(28-15-7-5-13-26(28)35)24-18-19-30-34(22-24)40-33-21-20-32-37(38(30)33)29-16-8-9-17-31(29)39-32/h1-22H/i1D,2D,3D,4D,5D,6D,7D,10D,11D,12D,13D,14D,15D. The molecule has 186 valence electrons. The zero-order valence-electron chi connectivity index (χ0n) is 33.5. The number of benzene rings is 7. The molecule has 0 spiro atoms. The Morgan fingerprint density at radius 3 is 1.57 bits per heavy atom. The van der Waals surface area contributed by atoms with Crippen LogP contribution in [0.2, 0.25) is 0 Å². The first-order valence-corrected chi connectivity index (χ1v) is 12.5. The van der Waals surface area contributed by atoms with Gasteiger partial charge in [0.1, 0.15) is 22.3 Å². The maximum Gasteiger partial charge on any atom is 0.136 e. The Morgan fingerprint density at radius 2 is 0.925 bits per heavy atom. The second kappa shape index (κ2) is 8.08. The Morgan fingerprint density at radius 1 is 0.400 bits per heavy atom. The van der Waals surface area contributed by atoms with E-state index in [4.69, 9.17) is 23.9 Å². The summed E-state index contributed by atoms with van der Waals surface area (Å²) in [6.07, 6.45) is 0. The maximum atomic E-state index is 9.18. The smallest absolute Gasteiger partial charge is 0.136 e. The van der Waals surface area contributed by atoms with Gasteiger partial charge in [-0.3, -0.25) is 0 Å². The Labute approximate surface area is 247 Å². The molecule has 7 aromatic carbocycles. The van der Waals surface area contributed by atoms with E-state index in [0.29, 0.717) is 33.3 Å². The summed E-state index contributed by atoms with van der Waals surface area (Å²) in [5.74, 6) is 0. The number of para-hydroxylation sites is 1. The Bertz CT molecular complexity index is 3050. The molecule has 0 fully saturated rings. The number of rotatable bonds is 2. The van der Waals surface area contributed by atoms with Crippen molar-refractivity contribution in [1.29, 1.82) is 0 Å². The van der Waals surface area contributed by atoms with Gasteiger partial charge in [0.25, 0.3) is 0 Å². The van der Waals surface area contributed by atoms with E-state index < -0.39 is 84.1 Å². The fraction of sp³-hybridized carbons (Fsp3) is 0. The van der Waals surface area contributed by atoms with Gasteiger partial charge >= 0.3 is 0 Å². The molecule has 40 heavy (non-hydrogen) atoms. The van der Waals surface area contributed by atoms with Crippen LogP contribution in [0.4, 0.5) is 0 Å². The molecule has 2 heterocycles. The van der Waals surface area contributed by atoms with Crippen LogP contribution in [0.1, 0.15) is 17.8 Å². The SMILES string of the molecule is [2H]c1c([2H])c([2H])c(-c2c3c([2H])c([2H])c([2H])c([2H])c3c(-c3ccc4c(c3)oc3ccc5oc6ccccc6c5c34)c3c([2H])c([2H])c([2H])c([2H])c23)c([2H])c1[2H]. The van der Waals surface area contributed by atoms with E-state index >= 15 is 0 Å². The van der Waals surface area contributed by atoms with Gasteiger partial charge in [-0.05, 0) is 74.1 Å². The van der Waals surface area contributed by atoms with Gasteiger partial charge in [-0.15, -0.1) is 0 Å². The van der Waals surface area contributed by atoms with Gasteiger partial charge in [0.15, 0.2) is 0 Å². The van der Waals surface area contributed by atoms with Gasteiger partial charge in [0.05, 0.1) is 17.8 Å². The highest BCUT2D eigenvalue weighted by Gasteiger charge is 2.19. The number of hydrogen-bond acceptors (Lipinski definition) is 2. The van der Waals surface area contributed by atoms with Crippen LogP contribution in [-0.4, -0.2) is 0 Å². The third-order valence-corrected chi connectivity index (χ3v) is 7.39. The molecule has 0 atom stereocenters. The minimum atomic E-state index is -0.720. The van der Waals surface area contributed by atoms with Crippen molar-refractivity contribution < 1.29 is 26.7 Å². The molecule has 9 rings (SSSR count). The Balaban J connectivity index is 1.52. The summed E-state index contributed by atoms with van der Waals surface area (Å²) in [6, 6.07) is 7.83. The summed E-state index contributed by atoms with van der Waals surface area (Å²) < 4.78 is 126. The summed E-state index contributed by atoms with van der Waals surface area (Å²) in [5, 5.41) is 2.36. The lowest BCUT2D eigenvalue weighted by atomic mass is 9.86. The molecule has 9 aromatic rings. The van der Waals surface area contributed by atoms with Crippen molar-refractivity contribution in [2.24, 2.45) is 0 Å². The summed E-state index contributed by atoms with van der Waals surface area (Å²) in [6.45, 7) is 0. The van der Waals surface area contributed by atoms with Crippen molar-refractivity contribution in [3.63, 3.8) is 0 Å². The largest absolute Gasteiger partial charge is 0.456 e. The topological polar surface area (TPSA) is 26.3 Å². The minimum Gasteiger partial charge on any atom is -0.456 e. The third kappa shape index (κ3) is 2.93. The van der Waals surface area contributed by atoms with Gasteiger partial charge in [-0.2, -0.15) is 0 Å². The molecule has 0 aliphatic heterocycles. The molecule has 0 radical (unpaired) electrons. The van der Waals surface area contributed by atoms with Crippen LogP contribution >= 0.6 is 0 Å². The van der Waals surface area contributed by atoms with Crippen molar-refractivity contribution in [2.45, 2.75) is 0 Å². The quantitative estimate of drug-likeness (QED) is 0.211. The average molecular weight is 524 g/mol. The van der Waals surface area contributed by atoms with Gasteiger partial charge < -0.3 is 8.83 Å². The molecule has 2 heteroatoms. The highest BCUT2D eigenvalue weighted by Crippen LogP contribution is 2.45. The molecule has 0 aliphatic rings. The molecule has 0 unspecified atom stereocenters. The molecule has 2 aromatic heterocycles. The second-order valence-electron chi connectivity index (χ2n) is 9.47. The van der Waals surface area contributed by atoms with Gasteiger partial charge in [0.2, 0.25) is 0 Å². The van der Waals surface area contributed by atoms with Crippen molar-refractivity contribution in [3.8, 4) is 22.3 Å². The summed E-state index contributed by atoms with van der Waals surface area (Å²) in [7, 11) is 0. The summed E-state index contributed by atoms with van der Waals surface area (Å²) in [5.41, 5.74) is 1.82. The van der Waals surface area contributed by atoms with E-state index in [1.807, 2.05) is 30.3 Å². The molecule has 0 saturated heterocycles. The highest BCUT2D eigenvalue weighted by atomic mass is 16.3. The monoisotopic (exact) mass is 523 g/mol. The molecule has 0 saturated carbocycles. The Hall–Kier alpha value is -5.34. The van der Waals surface area contributed by atoms with E-state index in [1.54, 1.807) is 24.3 Å². The lowest BCUT2D eigenvalue weighted by molar-refractivity contribution is 0.663. The molecule has 0 amide bonds. The third-order valence-electron chi connectivity index (χ3n) is 7.39. The zero-order chi connectivity index (χ0) is 37.5. The van der Waals surface area contributed by atoms with Crippen LogP contribution in [0.15, 0.2) is 142 Å². The number of furan rings is 2. The maximum absolute atomic E-state index is 9.18. The summed E-state index contributed by atoms with van der Waals surface area (Å²) in [4.78, 5) is 0. The van der Waals surface area contributed by atoms with E-state index in [9.17, 15) is 2.74 Å². The van der Waals surface area contributed by atoms with Crippen molar-refractivity contribution >= 4 is 65.4 Å². The summed E-state index contributed by atoms with van der Waals surface area (Å²) >= 11 is 0. The normalized spacial score (nSPS) is 16.6. The van der Waals surface area contributed by atoms with Crippen LogP contribution in [0.3, 0.4) is 0 Å². The molecule has 0 aliphatic carbocycles.